The third-order valence-electron chi connectivity index (χ3n) is 4.43. The number of aromatic nitrogens is 4. The van der Waals surface area contributed by atoms with Gasteiger partial charge in [-0.25, -0.2) is 4.79 Å². The molecule has 0 spiro atoms. The molecule has 0 unspecified atom stereocenters. The summed E-state index contributed by atoms with van der Waals surface area (Å²) in [5, 5.41) is 8.65. The Morgan fingerprint density at radius 2 is 1.87 bits per heavy atom. The molecule has 4 rings (SSSR count). The van der Waals surface area contributed by atoms with E-state index in [9.17, 15) is 9.59 Å². The summed E-state index contributed by atoms with van der Waals surface area (Å²) in [7, 11) is 0. The van der Waals surface area contributed by atoms with E-state index in [0.717, 1.165) is 27.4 Å². The number of ether oxygens (including phenoxy) is 1. The Bertz CT molecular complexity index is 1340. The topological polar surface area (TPSA) is 99.0 Å². The molecule has 158 valence electrons. The molecule has 9 heteroatoms. The zero-order valence-electron chi connectivity index (χ0n) is 17.4. The van der Waals surface area contributed by atoms with Gasteiger partial charge < -0.3 is 10.1 Å². The van der Waals surface area contributed by atoms with E-state index in [1.54, 1.807) is 39.4 Å². The first-order valence-corrected chi connectivity index (χ1v) is 10.3. The highest BCUT2D eigenvalue weighted by Gasteiger charge is 2.23. The number of carbonyl (C=O) groups is 2. The second kappa shape index (κ2) is 7.73. The van der Waals surface area contributed by atoms with E-state index in [2.05, 4.69) is 36.3 Å². The number of amides is 1. The predicted octanol–water partition coefficient (Wildman–Crippen LogP) is 5.15. The van der Waals surface area contributed by atoms with Crippen LogP contribution in [0.15, 0.2) is 47.5 Å². The number of pyridine rings is 2. The average molecular weight is 482 g/mol. The SMILES string of the molecule is CC(=O)Nc1cncc(-c2ccc3ncc4c(c(Br)nn4C(=O)OC(C)(C)C)c3c2)c1. The first-order chi connectivity index (χ1) is 14.6. The van der Waals surface area contributed by atoms with Crippen LogP contribution in [0.4, 0.5) is 10.5 Å². The minimum absolute atomic E-state index is 0.165. The van der Waals surface area contributed by atoms with Crippen LogP contribution in [0.3, 0.4) is 0 Å². The summed E-state index contributed by atoms with van der Waals surface area (Å²) < 4.78 is 7.19. The number of nitrogens with zero attached hydrogens (tertiary/aromatic N) is 4. The lowest BCUT2D eigenvalue weighted by Gasteiger charge is -2.19. The number of rotatable bonds is 2. The predicted molar refractivity (Wildman–Crippen MR) is 122 cm³/mol. The number of hydrogen-bond acceptors (Lipinski definition) is 6. The molecule has 8 nitrogen and oxygen atoms in total. The highest BCUT2D eigenvalue weighted by atomic mass is 79.9. The first kappa shape index (κ1) is 20.9. The molecule has 0 aliphatic carbocycles. The fourth-order valence-corrected chi connectivity index (χ4v) is 3.82. The van der Waals surface area contributed by atoms with E-state index in [4.69, 9.17) is 4.74 Å². The molecule has 0 bridgehead atoms. The molecule has 0 saturated carbocycles. The van der Waals surface area contributed by atoms with Crippen molar-refractivity contribution in [1.82, 2.24) is 19.7 Å². The van der Waals surface area contributed by atoms with Crippen molar-refractivity contribution in [2.75, 3.05) is 5.32 Å². The van der Waals surface area contributed by atoms with Crippen LogP contribution in [0.5, 0.6) is 0 Å². The van der Waals surface area contributed by atoms with Crippen LogP contribution < -0.4 is 5.32 Å². The van der Waals surface area contributed by atoms with E-state index in [0.29, 0.717) is 15.8 Å². The lowest BCUT2D eigenvalue weighted by molar-refractivity contribution is -0.114. The molecule has 1 N–H and O–H groups in total. The van der Waals surface area contributed by atoms with Gasteiger partial charge in [-0.3, -0.25) is 14.8 Å². The molecule has 1 amide bonds. The maximum absolute atomic E-state index is 12.6. The summed E-state index contributed by atoms with van der Waals surface area (Å²) in [5.41, 5.74) is 2.98. The molecule has 0 radical (unpaired) electrons. The highest BCUT2D eigenvalue weighted by molar-refractivity contribution is 9.10. The van der Waals surface area contributed by atoms with Crippen molar-refractivity contribution in [3.8, 4) is 11.1 Å². The second-order valence-corrected chi connectivity index (χ2v) is 8.83. The molecule has 0 aliphatic rings. The highest BCUT2D eigenvalue weighted by Crippen LogP contribution is 2.33. The van der Waals surface area contributed by atoms with Crippen molar-refractivity contribution in [3.63, 3.8) is 0 Å². The molecule has 0 saturated heterocycles. The van der Waals surface area contributed by atoms with Crippen LogP contribution in [0, 0.1) is 0 Å². The molecular weight excluding hydrogens is 462 g/mol. The normalized spacial score (nSPS) is 11.6. The van der Waals surface area contributed by atoms with Crippen molar-refractivity contribution >= 4 is 55.4 Å². The van der Waals surface area contributed by atoms with Crippen molar-refractivity contribution in [2.45, 2.75) is 33.3 Å². The quantitative estimate of drug-likeness (QED) is 0.424. The zero-order chi connectivity index (χ0) is 22.3. The maximum Gasteiger partial charge on any atom is 0.435 e. The Morgan fingerprint density at radius 3 is 2.58 bits per heavy atom. The first-order valence-electron chi connectivity index (χ1n) is 9.56. The molecule has 0 fully saturated rings. The van der Waals surface area contributed by atoms with Gasteiger partial charge in [-0.15, -0.1) is 0 Å². The minimum Gasteiger partial charge on any atom is -0.442 e. The fourth-order valence-electron chi connectivity index (χ4n) is 3.24. The van der Waals surface area contributed by atoms with Gasteiger partial charge in [0, 0.05) is 29.5 Å². The van der Waals surface area contributed by atoms with Crippen LogP contribution in [0.25, 0.3) is 32.9 Å². The number of benzene rings is 1. The molecule has 0 aliphatic heterocycles. The molecule has 0 atom stereocenters. The van der Waals surface area contributed by atoms with Gasteiger partial charge in [0.2, 0.25) is 5.91 Å². The summed E-state index contributed by atoms with van der Waals surface area (Å²) in [6.07, 6.45) is 4.34. The fraction of sp³-hybridized carbons (Fsp3) is 0.227. The molecule has 3 aromatic heterocycles. The molecule has 4 aromatic rings. The van der Waals surface area contributed by atoms with Crippen LogP contribution in [0.1, 0.15) is 27.7 Å². The van der Waals surface area contributed by atoms with Crippen LogP contribution in [0.2, 0.25) is 0 Å². The smallest absolute Gasteiger partial charge is 0.435 e. The summed E-state index contributed by atoms with van der Waals surface area (Å²) in [5.74, 6) is -0.165. The summed E-state index contributed by atoms with van der Waals surface area (Å²) in [6.45, 7) is 6.85. The van der Waals surface area contributed by atoms with Crippen molar-refractivity contribution in [2.24, 2.45) is 0 Å². The monoisotopic (exact) mass is 481 g/mol. The molecule has 31 heavy (non-hydrogen) atoms. The summed E-state index contributed by atoms with van der Waals surface area (Å²) >= 11 is 3.48. The lowest BCUT2D eigenvalue weighted by Crippen LogP contribution is -2.27. The van der Waals surface area contributed by atoms with E-state index >= 15 is 0 Å². The standard InChI is InChI=1S/C22H20BrN5O3/c1-12(29)26-15-7-14(9-24-10-15)13-5-6-17-16(8-13)19-18(11-25-17)28(27-20(19)23)21(30)31-22(2,3)4/h5-11H,1-4H3,(H,26,29). The Hall–Kier alpha value is -3.33. The average Bonchev–Trinajstić information content (AvgIpc) is 3.03. The number of fused-ring (bicyclic) bond motifs is 3. The van der Waals surface area contributed by atoms with E-state index < -0.39 is 11.7 Å². The van der Waals surface area contributed by atoms with Gasteiger partial charge in [-0.2, -0.15) is 9.78 Å². The Labute approximate surface area is 186 Å². The van der Waals surface area contributed by atoms with Crippen molar-refractivity contribution in [1.29, 1.82) is 0 Å². The van der Waals surface area contributed by atoms with Gasteiger partial charge in [0.1, 0.15) is 15.7 Å². The van der Waals surface area contributed by atoms with Gasteiger partial charge in [-0.1, -0.05) is 6.07 Å². The van der Waals surface area contributed by atoms with Gasteiger partial charge >= 0.3 is 6.09 Å². The molecular formula is C22H20BrN5O3. The maximum atomic E-state index is 12.6. The number of nitrogens with one attached hydrogen (secondary N) is 1. The van der Waals surface area contributed by atoms with Crippen molar-refractivity contribution < 1.29 is 14.3 Å². The van der Waals surface area contributed by atoms with Crippen LogP contribution in [-0.2, 0) is 9.53 Å². The Balaban J connectivity index is 1.85. The molecule has 1 aromatic carbocycles. The van der Waals surface area contributed by atoms with E-state index in [-0.39, 0.29) is 5.91 Å². The second-order valence-electron chi connectivity index (χ2n) is 8.08. The van der Waals surface area contributed by atoms with Gasteiger partial charge in [0.15, 0.2) is 0 Å². The van der Waals surface area contributed by atoms with E-state index in [1.807, 2.05) is 24.3 Å². The van der Waals surface area contributed by atoms with Crippen LogP contribution in [-0.4, -0.2) is 37.3 Å². The molecule has 3 heterocycles. The van der Waals surface area contributed by atoms with Gasteiger partial charge in [-0.05, 0) is 60.5 Å². The van der Waals surface area contributed by atoms with Gasteiger partial charge in [0.05, 0.1) is 23.6 Å². The summed E-state index contributed by atoms with van der Waals surface area (Å²) in [4.78, 5) is 32.7. The minimum atomic E-state index is -0.648. The van der Waals surface area contributed by atoms with E-state index in [1.165, 1.54) is 11.6 Å². The third kappa shape index (κ3) is 4.27. The number of halogens is 1. The third-order valence-corrected chi connectivity index (χ3v) is 4.98. The Morgan fingerprint density at radius 1 is 1.10 bits per heavy atom. The van der Waals surface area contributed by atoms with Gasteiger partial charge in [0.25, 0.3) is 0 Å². The van der Waals surface area contributed by atoms with Crippen molar-refractivity contribution in [3.05, 3.63) is 47.5 Å². The zero-order valence-corrected chi connectivity index (χ0v) is 19.0. The number of anilines is 1. The number of hydrogen-bond donors (Lipinski definition) is 1. The largest absolute Gasteiger partial charge is 0.442 e. The summed E-state index contributed by atoms with van der Waals surface area (Å²) in [6, 6.07) is 7.64. The van der Waals surface area contributed by atoms with Crippen LogP contribution >= 0.6 is 15.9 Å². The lowest BCUT2D eigenvalue weighted by atomic mass is 10.0. The number of carbonyl (C=O) groups excluding carboxylic acids is 2. The Kier molecular flexibility index (Phi) is 5.22.